The van der Waals surface area contributed by atoms with Crippen LogP contribution in [0.3, 0.4) is 0 Å². The van der Waals surface area contributed by atoms with E-state index in [0.29, 0.717) is 66.3 Å². The largest absolute Gasteiger partial charge is 0.395 e. The Morgan fingerprint density at radius 3 is 2.07 bits per heavy atom. The van der Waals surface area contributed by atoms with Crippen molar-refractivity contribution in [2.24, 2.45) is 5.11 Å². The smallest absolute Gasteiger partial charge is 0.229 e. The summed E-state index contributed by atoms with van der Waals surface area (Å²) < 4.78 is 12.0. The molecule has 0 bridgehead atoms. The summed E-state index contributed by atoms with van der Waals surface area (Å²) in [7, 11) is 0. The number of fused-ring (bicyclic) bond motifs is 1. The lowest BCUT2D eigenvalue weighted by atomic mass is 10.1. The zero-order valence-electron chi connectivity index (χ0n) is 26.3. The van der Waals surface area contributed by atoms with Crippen molar-refractivity contribution in [1.29, 1.82) is 0 Å². The van der Waals surface area contributed by atoms with Gasteiger partial charge in [-0.15, -0.1) is 0 Å². The van der Waals surface area contributed by atoms with Gasteiger partial charge in [0.15, 0.2) is 22.8 Å². The molecule has 0 radical (unpaired) electrons. The Labute approximate surface area is 257 Å². The highest BCUT2D eigenvalue weighted by Crippen LogP contribution is 2.35. The van der Waals surface area contributed by atoms with Crippen LogP contribution >= 0.6 is 0 Å². The van der Waals surface area contributed by atoms with Crippen LogP contribution in [0.5, 0.6) is 0 Å². The van der Waals surface area contributed by atoms with E-state index >= 15 is 0 Å². The van der Waals surface area contributed by atoms with E-state index in [-0.39, 0.29) is 44.1 Å². The average Bonchev–Trinajstić information content (AvgIpc) is 2.94. The number of hydrogen-bond donors (Lipinski definition) is 2. The topological polar surface area (TPSA) is 169 Å². The third-order valence-electron chi connectivity index (χ3n) is 7.45. The van der Waals surface area contributed by atoms with Crippen LogP contribution in [0.25, 0.3) is 32.9 Å². The molecule has 14 nitrogen and oxygen atoms in total. The van der Waals surface area contributed by atoms with Crippen LogP contribution in [-0.4, -0.2) is 106 Å². The van der Waals surface area contributed by atoms with Crippen LogP contribution < -0.4 is 14.7 Å². The molecule has 2 aromatic heterocycles. The van der Waals surface area contributed by atoms with Crippen LogP contribution in [0.1, 0.15) is 41.5 Å². The number of rotatable bonds is 9. The van der Waals surface area contributed by atoms with Crippen molar-refractivity contribution in [3.05, 3.63) is 34.7 Å². The van der Waals surface area contributed by atoms with Gasteiger partial charge in [0.2, 0.25) is 5.95 Å². The maximum Gasteiger partial charge on any atom is 0.229 e. The van der Waals surface area contributed by atoms with Crippen molar-refractivity contribution in [1.82, 2.24) is 19.9 Å². The predicted molar refractivity (Wildman–Crippen MR) is 169 cm³/mol. The van der Waals surface area contributed by atoms with Crippen LogP contribution in [0.4, 0.5) is 23.3 Å². The maximum atomic E-state index is 10.8. The molecule has 2 fully saturated rings. The molecule has 2 saturated heterocycles. The van der Waals surface area contributed by atoms with Gasteiger partial charge in [-0.2, -0.15) is 9.97 Å². The molecule has 2 aliphatic heterocycles. The van der Waals surface area contributed by atoms with E-state index in [1.807, 2.05) is 44.7 Å². The molecule has 44 heavy (non-hydrogen) atoms. The Balaban J connectivity index is 1.76. The van der Waals surface area contributed by atoms with E-state index in [1.165, 1.54) is 0 Å². The number of benzene rings is 1. The minimum Gasteiger partial charge on any atom is -0.395 e. The lowest BCUT2D eigenvalue weighted by Gasteiger charge is -2.37. The highest BCUT2D eigenvalue weighted by atomic mass is 16.5. The van der Waals surface area contributed by atoms with E-state index in [9.17, 15) is 10.2 Å². The van der Waals surface area contributed by atoms with Gasteiger partial charge in [0.1, 0.15) is 5.69 Å². The Morgan fingerprint density at radius 2 is 1.52 bits per heavy atom. The molecule has 0 saturated carbocycles. The molecule has 5 rings (SSSR count). The second-order valence-electron chi connectivity index (χ2n) is 12.4. The first-order valence-corrected chi connectivity index (χ1v) is 15.1. The maximum absolute atomic E-state index is 10.8. The normalized spacial score (nSPS) is 22.6. The summed E-state index contributed by atoms with van der Waals surface area (Å²) in [6, 6.07) is 7.18. The quantitative estimate of drug-likeness (QED) is 0.206. The fourth-order valence-corrected chi connectivity index (χ4v) is 5.97. The molecule has 2 N–H and O–H groups in total. The van der Waals surface area contributed by atoms with E-state index in [1.54, 1.807) is 26.0 Å². The van der Waals surface area contributed by atoms with Crippen molar-refractivity contribution in [3.8, 4) is 11.3 Å². The molecule has 236 valence electrons. The molecule has 0 amide bonds. The van der Waals surface area contributed by atoms with Crippen molar-refractivity contribution >= 4 is 34.4 Å². The van der Waals surface area contributed by atoms with E-state index in [2.05, 4.69) is 19.8 Å². The SMILES string of the molecule is CC1CN(c2nc(N(CCO)CC(C)(C)O)c3nc(-c4ccc(N=[N+]=[N-])cc4)c(N4CC(C)OC(C)C4)nc3n2)CC(C)O1. The number of ether oxygens (including phenoxy) is 2. The van der Waals surface area contributed by atoms with Gasteiger partial charge >= 0.3 is 0 Å². The fraction of sp³-hybridized carbons (Fsp3) is 0.600. The number of aliphatic hydroxyl groups excluding tert-OH is 1. The van der Waals surface area contributed by atoms with Crippen LogP contribution in [0.2, 0.25) is 0 Å². The summed E-state index contributed by atoms with van der Waals surface area (Å²) in [5, 5.41) is 24.6. The van der Waals surface area contributed by atoms with Crippen molar-refractivity contribution in [2.45, 2.75) is 71.6 Å². The summed E-state index contributed by atoms with van der Waals surface area (Å²) in [5.41, 5.74) is 10.6. The minimum atomic E-state index is -1.08. The van der Waals surface area contributed by atoms with Crippen LogP contribution in [0, 0.1) is 0 Å². The summed E-state index contributed by atoms with van der Waals surface area (Å²) >= 11 is 0. The first-order valence-electron chi connectivity index (χ1n) is 15.1. The van der Waals surface area contributed by atoms with Crippen LogP contribution in [-0.2, 0) is 9.47 Å². The molecule has 0 spiro atoms. The van der Waals surface area contributed by atoms with Crippen molar-refractivity contribution < 1.29 is 19.7 Å². The molecule has 1 aromatic carbocycles. The number of azide groups is 1. The van der Waals surface area contributed by atoms with Crippen molar-refractivity contribution in [3.63, 3.8) is 0 Å². The summed E-state index contributed by atoms with van der Waals surface area (Å²) in [6.07, 6.45) is -0.0626. The molecule has 14 heteroatoms. The summed E-state index contributed by atoms with van der Waals surface area (Å²) in [5.74, 6) is 1.62. The molecule has 0 aliphatic carbocycles. The van der Waals surface area contributed by atoms with E-state index in [4.69, 9.17) is 34.9 Å². The van der Waals surface area contributed by atoms with E-state index < -0.39 is 5.60 Å². The molecule has 4 heterocycles. The predicted octanol–water partition coefficient (Wildman–Crippen LogP) is 3.83. The first-order chi connectivity index (χ1) is 20.9. The monoisotopic (exact) mass is 606 g/mol. The molecule has 2 aliphatic rings. The Morgan fingerprint density at radius 1 is 0.932 bits per heavy atom. The Hall–Kier alpha value is -3.81. The zero-order chi connectivity index (χ0) is 31.6. The van der Waals surface area contributed by atoms with Gasteiger partial charge < -0.3 is 34.4 Å². The molecule has 4 atom stereocenters. The average molecular weight is 607 g/mol. The fourth-order valence-electron chi connectivity index (χ4n) is 5.97. The molecular formula is C30H42N10O4. The Kier molecular flexibility index (Phi) is 9.37. The molecule has 4 unspecified atom stereocenters. The summed E-state index contributed by atoms with van der Waals surface area (Å²) in [4.78, 5) is 29.3. The van der Waals surface area contributed by atoms with Gasteiger partial charge in [-0.05, 0) is 47.1 Å². The number of hydrogen-bond acceptors (Lipinski definition) is 12. The number of aliphatic hydroxyl groups is 2. The third kappa shape index (κ3) is 7.28. The van der Waals surface area contributed by atoms with Gasteiger partial charge in [0.25, 0.3) is 0 Å². The highest BCUT2D eigenvalue weighted by Gasteiger charge is 2.31. The number of nitrogens with zero attached hydrogens (tertiary/aromatic N) is 10. The van der Waals surface area contributed by atoms with Crippen LogP contribution in [0.15, 0.2) is 29.4 Å². The number of morpholine rings is 2. The van der Waals surface area contributed by atoms with Gasteiger partial charge in [-0.25, -0.2) is 9.97 Å². The summed E-state index contributed by atoms with van der Waals surface area (Å²) in [6.45, 7) is 14.3. The third-order valence-corrected chi connectivity index (χ3v) is 7.45. The second-order valence-corrected chi connectivity index (χ2v) is 12.4. The molecular weight excluding hydrogens is 564 g/mol. The Bertz CT molecular complexity index is 1490. The highest BCUT2D eigenvalue weighted by molar-refractivity contribution is 5.89. The first kappa shape index (κ1) is 31.6. The number of anilines is 3. The van der Waals surface area contributed by atoms with Gasteiger partial charge in [0.05, 0.1) is 36.6 Å². The standard InChI is InChI=1S/C30H42N10O4/c1-18-13-39(14-19(2)43-18)27-24(22-7-9-23(10-8-22)36-37-31)32-25-26(33-27)34-29(40-15-20(3)44-21(4)16-40)35-28(25)38(11-12-41)17-30(5,6)42/h7-10,18-21,41-42H,11-17H2,1-6H3. The van der Waals surface area contributed by atoms with Crippen molar-refractivity contribution in [2.75, 3.05) is 60.6 Å². The number of aromatic nitrogens is 4. The zero-order valence-corrected chi connectivity index (χ0v) is 26.3. The van der Waals surface area contributed by atoms with Gasteiger partial charge in [-0.1, -0.05) is 29.4 Å². The lowest BCUT2D eigenvalue weighted by molar-refractivity contribution is -0.00580. The lowest BCUT2D eigenvalue weighted by Crippen LogP contribution is -2.47. The minimum absolute atomic E-state index is 0.0138. The van der Waals surface area contributed by atoms with Gasteiger partial charge in [0, 0.05) is 55.4 Å². The molecule has 3 aromatic rings. The second kappa shape index (κ2) is 13.0. The van der Waals surface area contributed by atoms with Gasteiger partial charge in [-0.3, -0.25) is 0 Å². The van der Waals surface area contributed by atoms with E-state index in [0.717, 1.165) is 5.56 Å².